The molecule has 1 aliphatic rings. The van der Waals surface area contributed by atoms with Gasteiger partial charge in [-0.25, -0.2) is 0 Å². The molecule has 0 N–H and O–H groups in total. The molecule has 0 aliphatic carbocycles. The third kappa shape index (κ3) is 4.18. The first-order valence-electron chi connectivity index (χ1n) is 6.73. The van der Waals surface area contributed by atoms with Crippen LogP contribution in [0.5, 0.6) is 0 Å². The zero-order chi connectivity index (χ0) is 13.7. The van der Waals surface area contributed by atoms with Crippen molar-refractivity contribution >= 4 is 11.6 Å². The Bertz CT molecular complexity index is 400. The first-order valence-corrected chi connectivity index (χ1v) is 7.11. The van der Waals surface area contributed by atoms with Crippen LogP contribution in [0.2, 0.25) is 5.02 Å². The Balaban J connectivity index is 1.84. The molecule has 2 rings (SSSR count). The minimum atomic E-state index is -0.399. The zero-order valence-corrected chi connectivity index (χ0v) is 12.3. The highest BCUT2D eigenvalue weighted by molar-refractivity contribution is 6.31. The van der Waals surface area contributed by atoms with Gasteiger partial charge in [0, 0.05) is 5.02 Å². The molecule has 19 heavy (non-hydrogen) atoms. The molecule has 1 aromatic rings. The lowest BCUT2D eigenvalue weighted by molar-refractivity contribution is -0.264. The van der Waals surface area contributed by atoms with E-state index in [1.807, 2.05) is 31.2 Å². The first-order chi connectivity index (χ1) is 9.13. The molecule has 3 nitrogen and oxygen atoms in total. The number of halogens is 1. The Kier molecular flexibility index (Phi) is 5.22. The quantitative estimate of drug-likeness (QED) is 0.823. The van der Waals surface area contributed by atoms with Gasteiger partial charge in [0.05, 0.1) is 19.8 Å². The van der Waals surface area contributed by atoms with E-state index in [1.165, 1.54) is 0 Å². The smallest absolute Gasteiger partial charge is 0.157 e. The predicted molar refractivity (Wildman–Crippen MR) is 75.2 cm³/mol. The van der Waals surface area contributed by atoms with Crippen molar-refractivity contribution in [2.75, 3.05) is 13.2 Å². The summed E-state index contributed by atoms with van der Waals surface area (Å²) >= 11 is 6.11. The summed E-state index contributed by atoms with van der Waals surface area (Å²) in [5.41, 5.74) is 0.588. The lowest BCUT2D eigenvalue weighted by Gasteiger charge is -2.37. The van der Waals surface area contributed by atoms with Crippen LogP contribution in [0.1, 0.15) is 32.3 Å². The molecular formula is C15H21ClO3. The third-order valence-corrected chi connectivity index (χ3v) is 3.58. The number of hydrogen-bond donors (Lipinski definition) is 0. The largest absolute Gasteiger partial charge is 0.366 e. The average molecular weight is 285 g/mol. The van der Waals surface area contributed by atoms with Crippen molar-refractivity contribution in [3.8, 4) is 0 Å². The summed E-state index contributed by atoms with van der Waals surface area (Å²) in [6.45, 7) is 5.71. The van der Waals surface area contributed by atoms with Gasteiger partial charge >= 0.3 is 0 Å². The molecule has 1 saturated heterocycles. The highest BCUT2D eigenvalue weighted by atomic mass is 35.5. The van der Waals surface area contributed by atoms with Crippen LogP contribution in [0, 0.1) is 0 Å². The minimum Gasteiger partial charge on any atom is -0.366 e. The second-order valence-corrected chi connectivity index (χ2v) is 5.58. The average Bonchev–Trinajstić information content (AvgIpc) is 2.41. The van der Waals surface area contributed by atoms with Crippen LogP contribution in [-0.4, -0.2) is 25.1 Å². The second-order valence-electron chi connectivity index (χ2n) is 5.17. The van der Waals surface area contributed by atoms with Crippen molar-refractivity contribution in [1.82, 2.24) is 0 Å². The SMILES string of the molecule is CCCC1OCC(C)(OCc2ccccc2Cl)CO1. The van der Waals surface area contributed by atoms with Gasteiger partial charge < -0.3 is 14.2 Å². The van der Waals surface area contributed by atoms with Crippen LogP contribution in [0.25, 0.3) is 0 Å². The Morgan fingerprint density at radius 3 is 2.63 bits per heavy atom. The van der Waals surface area contributed by atoms with Crippen molar-refractivity contribution in [2.45, 2.75) is 45.2 Å². The molecule has 1 fully saturated rings. The van der Waals surface area contributed by atoms with E-state index in [1.54, 1.807) is 0 Å². The topological polar surface area (TPSA) is 27.7 Å². The van der Waals surface area contributed by atoms with Gasteiger partial charge in [-0.3, -0.25) is 0 Å². The predicted octanol–water partition coefficient (Wildman–Crippen LogP) is 3.79. The van der Waals surface area contributed by atoms with Crippen LogP contribution >= 0.6 is 11.6 Å². The highest BCUT2D eigenvalue weighted by Gasteiger charge is 2.33. The molecule has 0 unspecified atom stereocenters. The van der Waals surface area contributed by atoms with Gasteiger partial charge in [-0.1, -0.05) is 43.1 Å². The van der Waals surface area contributed by atoms with Crippen LogP contribution in [0.4, 0.5) is 0 Å². The van der Waals surface area contributed by atoms with Gasteiger partial charge in [0.1, 0.15) is 5.60 Å². The van der Waals surface area contributed by atoms with Crippen molar-refractivity contribution < 1.29 is 14.2 Å². The lowest BCUT2D eigenvalue weighted by Crippen LogP contribution is -2.47. The molecule has 0 bridgehead atoms. The van der Waals surface area contributed by atoms with Gasteiger partial charge in [0.15, 0.2) is 6.29 Å². The summed E-state index contributed by atoms with van der Waals surface area (Å²) in [5, 5.41) is 0.729. The van der Waals surface area contributed by atoms with Gasteiger partial charge in [-0.15, -0.1) is 0 Å². The summed E-state index contributed by atoms with van der Waals surface area (Å²) < 4.78 is 17.3. The molecule has 1 heterocycles. The van der Waals surface area contributed by atoms with Crippen LogP contribution < -0.4 is 0 Å². The van der Waals surface area contributed by atoms with Crippen molar-refractivity contribution in [3.05, 3.63) is 34.9 Å². The summed E-state index contributed by atoms with van der Waals surface area (Å²) in [6, 6.07) is 7.71. The lowest BCUT2D eigenvalue weighted by atomic mass is 10.1. The molecule has 0 saturated carbocycles. The van der Waals surface area contributed by atoms with Crippen molar-refractivity contribution in [3.63, 3.8) is 0 Å². The molecule has 106 valence electrons. The number of ether oxygens (including phenoxy) is 3. The van der Waals surface area contributed by atoms with E-state index in [2.05, 4.69) is 6.92 Å². The fourth-order valence-electron chi connectivity index (χ4n) is 1.98. The van der Waals surface area contributed by atoms with E-state index in [0.717, 1.165) is 23.4 Å². The van der Waals surface area contributed by atoms with Gasteiger partial charge in [-0.2, -0.15) is 0 Å². The van der Waals surface area contributed by atoms with Gasteiger partial charge in [-0.05, 0) is 25.0 Å². The van der Waals surface area contributed by atoms with E-state index in [0.29, 0.717) is 19.8 Å². The van der Waals surface area contributed by atoms with E-state index < -0.39 is 5.60 Å². The van der Waals surface area contributed by atoms with E-state index in [-0.39, 0.29) is 6.29 Å². The highest BCUT2D eigenvalue weighted by Crippen LogP contribution is 2.24. The second kappa shape index (κ2) is 6.71. The number of benzene rings is 1. The molecule has 4 heteroatoms. The normalized spacial score (nSPS) is 27.4. The first kappa shape index (κ1) is 14.8. The molecule has 0 atom stereocenters. The molecule has 1 aliphatic heterocycles. The molecule has 0 amide bonds. The minimum absolute atomic E-state index is 0.0815. The van der Waals surface area contributed by atoms with Crippen LogP contribution in [-0.2, 0) is 20.8 Å². The summed E-state index contributed by atoms with van der Waals surface area (Å²) in [4.78, 5) is 0. The Morgan fingerprint density at radius 2 is 2.00 bits per heavy atom. The van der Waals surface area contributed by atoms with E-state index in [4.69, 9.17) is 25.8 Å². The maximum absolute atomic E-state index is 6.11. The fourth-order valence-corrected chi connectivity index (χ4v) is 2.17. The van der Waals surface area contributed by atoms with Crippen LogP contribution in [0.3, 0.4) is 0 Å². The third-order valence-electron chi connectivity index (χ3n) is 3.21. The monoisotopic (exact) mass is 284 g/mol. The molecular weight excluding hydrogens is 264 g/mol. The summed E-state index contributed by atoms with van der Waals surface area (Å²) in [7, 11) is 0. The zero-order valence-electron chi connectivity index (χ0n) is 11.5. The van der Waals surface area contributed by atoms with Gasteiger partial charge in [0.2, 0.25) is 0 Å². The summed E-state index contributed by atoms with van der Waals surface area (Å²) in [6.07, 6.45) is 1.91. The van der Waals surface area contributed by atoms with Gasteiger partial charge in [0.25, 0.3) is 0 Å². The fraction of sp³-hybridized carbons (Fsp3) is 0.600. The Morgan fingerprint density at radius 1 is 1.32 bits per heavy atom. The molecule has 0 aromatic heterocycles. The van der Waals surface area contributed by atoms with Crippen molar-refractivity contribution in [1.29, 1.82) is 0 Å². The molecule has 1 aromatic carbocycles. The number of hydrogen-bond acceptors (Lipinski definition) is 3. The van der Waals surface area contributed by atoms with E-state index in [9.17, 15) is 0 Å². The maximum Gasteiger partial charge on any atom is 0.157 e. The Labute approximate surface area is 119 Å². The molecule has 0 spiro atoms. The number of rotatable bonds is 5. The molecule has 0 radical (unpaired) electrons. The maximum atomic E-state index is 6.11. The van der Waals surface area contributed by atoms with Crippen molar-refractivity contribution in [2.24, 2.45) is 0 Å². The van der Waals surface area contributed by atoms with E-state index >= 15 is 0 Å². The standard InChI is InChI=1S/C15H21ClO3/c1-3-6-14-17-10-15(2,11-18-14)19-9-12-7-4-5-8-13(12)16/h4-5,7-8,14H,3,6,9-11H2,1-2H3. The van der Waals surface area contributed by atoms with Crippen LogP contribution in [0.15, 0.2) is 24.3 Å². The Hall–Kier alpha value is -0.610. The summed E-state index contributed by atoms with van der Waals surface area (Å²) in [5.74, 6) is 0.